The lowest BCUT2D eigenvalue weighted by Gasteiger charge is -2.27. The van der Waals surface area contributed by atoms with Gasteiger partial charge in [-0.15, -0.1) is 0 Å². The second-order valence-electron chi connectivity index (χ2n) is 3.46. The first-order valence-corrected chi connectivity index (χ1v) is 5.68. The summed E-state index contributed by atoms with van der Waals surface area (Å²) in [5, 5.41) is 0. The molecule has 2 atom stereocenters. The van der Waals surface area contributed by atoms with Crippen LogP contribution in [0.2, 0.25) is 0 Å². The third-order valence-corrected chi connectivity index (χ3v) is 3.01. The summed E-state index contributed by atoms with van der Waals surface area (Å²) in [5.74, 6) is 0.334. The molecule has 0 radical (unpaired) electrons. The van der Waals surface area contributed by atoms with Crippen molar-refractivity contribution in [2.24, 2.45) is 5.92 Å². The summed E-state index contributed by atoms with van der Waals surface area (Å²) in [4.78, 5) is 0. The second-order valence-corrected chi connectivity index (χ2v) is 4.65. The summed E-state index contributed by atoms with van der Waals surface area (Å²) in [7, 11) is -4.01. The van der Waals surface area contributed by atoms with Crippen molar-refractivity contribution in [2.75, 3.05) is 0 Å². The maximum Gasteiger partial charge on any atom is 0.333 e. The van der Waals surface area contributed by atoms with Crippen LogP contribution in [-0.2, 0) is 10.3 Å². The maximum atomic E-state index is 10.5. The quantitative estimate of drug-likeness (QED) is 0.642. The molecule has 0 unspecified atom stereocenters. The molecule has 4 nitrogen and oxygen atoms in total. The zero-order valence-corrected chi connectivity index (χ0v) is 7.97. The Labute approximate surface area is 73.2 Å². The molecule has 0 aromatic heterocycles. The minimum absolute atomic E-state index is 0.0752. The molecule has 72 valence electrons. The Hall–Kier alpha value is -0.130. The molecule has 1 rings (SSSR count). The molecular weight excluding hydrogens is 178 g/mol. The zero-order valence-electron chi connectivity index (χ0n) is 7.16. The molecule has 1 saturated carbocycles. The topological polar surface area (TPSA) is 66.4 Å². The Balaban J connectivity index is 2.50. The van der Waals surface area contributed by atoms with E-state index in [0.29, 0.717) is 5.92 Å². The molecular formula is C7H15NO3S. The Morgan fingerprint density at radius 1 is 1.33 bits per heavy atom. The summed E-state index contributed by atoms with van der Waals surface area (Å²) in [5.41, 5.74) is 0. The van der Waals surface area contributed by atoms with Crippen LogP contribution in [-0.4, -0.2) is 19.0 Å². The van der Waals surface area contributed by atoms with Gasteiger partial charge in [-0.25, -0.2) is 0 Å². The van der Waals surface area contributed by atoms with Crippen molar-refractivity contribution in [3.05, 3.63) is 0 Å². The Kier molecular flexibility index (Phi) is 3.09. The summed E-state index contributed by atoms with van der Waals surface area (Å²) in [6, 6.07) is -0.0752. The fourth-order valence-corrected chi connectivity index (χ4v) is 2.42. The molecule has 1 aliphatic rings. The predicted octanol–water partition coefficient (Wildman–Crippen LogP) is 0.958. The van der Waals surface area contributed by atoms with Gasteiger partial charge in [-0.2, -0.15) is 13.1 Å². The van der Waals surface area contributed by atoms with E-state index in [9.17, 15) is 8.42 Å². The highest BCUT2D eigenvalue weighted by molar-refractivity contribution is 7.83. The standard InChI is InChI=1S/C7H15NO3S/c1-6-4-2-3-5-7(6)8-12(9,10)11/h6-8H,2-5H2,1H3,(H,9,10,11)/t6-,7-/m0/s1. The molecule has 0 saturated heterocycles. The van der Waals surface area contributed by atoms with E-state index in [-0.39, 0.29) is 6.04 Å². The molecule has 2 N–H and O–H groups in total. The van der Waals surface area contributed by atoms with Gasteiger partial charge in [0.1, 0.15) is 0 Å². The van der Waals surface area contributed by atoms with E-state index >= 15 is 0 Å². The number of nitrogens with one attached hydrogen (secondary N) is 1. The van der Waals surface area contributed by atoms with Crippen LogP contribution >= 0.6 is 0 Å². The van der Waals surface area contributed by atoms with Gasteiger partial charge < -0.3 is 0 Å². The molecule has 12 heavy (non-hydrogen) atoms. The summed E-state index contributed by atoms with van der Waals surface area (Å²) >= 11 is 0. The number of hydrogen-bond acceptors (Lipinski definition) is 2. The van der Waals surface area contributed by atoms with Crippen LogP contribution in [0.1, 0.15) is 32.6 Å². The van der Waals surface area contributed by atoms with Crippen molar-refractivity contribution < 1.29 is 13.0 Å². The zero-order chi connectivity index (χ0) is 9.19. The smallest absolute Gasteiger partial charge is 0.273 e. The minimum atomic E-state index is -4.01. The summed E-state index contributed by atoms with van der Waals surface area (Å²) < 4.78 is 31.8. The van der Waals surface area contributed by atoms with Crippen molar-refractivity contribution in [1.82, 2.24) is 4.72 Å². The van der Waals surface area contributed by atoms with Crippen molar-refractivity contribution in [2.45, 2.75) is 38.6 Å². The van der Waals surface area contributed by atoms with Crippen LogP contribution in [0.25, 0.3) is 0 Å². The highest BCUT2D eigenvalue weighted by atomic mass is 32.2. The third kappa shape index (κ3) is 3.08. The molecule has 0 aromatic rings. The fourth-order valence-electron chi connectivity index (χ4n) is 1.68. The number of hydrogen-bond donors (Lipinski definition) is 2. The monoisotopic (exact) mass is 193 g/mol. The van der Waals surface area contributed by atoms with Crippen molar-refractivity contribution in [3.8, 4) is 0 Å². The molecule has 1 aliphatic carbocycles. The average molecular weight is 193 g/mol. The van der Waals surface area contributed by atoms with E-state index in [1.165, 1.54) is 0 Å². The van der Waals surface area contributed by atoms with E-state index in [1.807, 2.05) is 6.92 Å². The fraction of sp³-hybridized carbons (Fsp3) is 1.00. The lowest BCUT2D eigenvalue weighted by Crippen LogP contribution is -2.40. The Morgan fingerprint density at radius 3 is 2.42 bits per heavy atom. The Morgan fingerprint density at radius 2 is 1.92 bits per heavy atom. The van der Waals surface area contributed by atoms with Crippen LogP contribution in [0.15, 0.2) is 0 Å². The highest BCUT2D eigenvalue weighted by Crippen LogP contribution is 2.23. The second kappa shape index (κ2) is 3.72. The van der Waals surface area contributed by atoms with E-state index in [1.54, 1.807) is 0 Å². The van der Waals surface area contributed by atoms with E-state index < -0.39 is 10.3 Å². The van der Waals surface area contributed by atoms with Crippen LogP contribution in [0.3, 0.4) is 0 Å². The summed E-state index contributed by atoms with van der Waals surface area (Å²) in [6.07, 6.45) is 4.07. The Bertz CT molecular complexity index is 237. The first kappa shape index (κ1) is 9.95. The molecule has 0 aliphatic heterocycles. The molecule has 1 fully saturated rings. The van der Waals surface area contributed by atoms with Gasteiger partial charge in [0, 0.05) is 6.04 Å². The highest BCUT2D eigenvalue weighted by Gasteiger charge is 2.24. The van der Waals surface area contributed by atoms with Crippen LogP contribution < -0.4 is 4.72 Å². The van der Waals surface area contributed by atoms with Crippen LogP contribution in [0, 0.1) is 5.92 Å². The SMILES string of the molecule is C[C@H]1CCCC[C@@H]1NS(=O)(=O)O. The molecule has 0 bridgehead atoms. The normalized spacial score (nSPS) is 31.8. The molecule has 5 heteroatoms. The van der Waals surface area contributed by atoms with E-state index in [0.717, 1.165) is 25.7 Å². The maximum absolute atomic E-state index is 10.5. The molecule has 0 heterocycles. The van der Waals surface area contributed by atoms with Gasteiger partial charge in [0.25, 0.3) is 0 Å². The van der Waals surface area contributed by atoms with Crippen LogP contribution in [0.5, 0.6) is 0 Å². The van der Waals surface area contributed by atoms with E-state index in [2.05, 4.69) is 4.72 Å². The van der Waals surface area contributed by atoms with E-state index in [4.69, 9.17) is 4.55 Å². The summed E-state index contributed by atoms with van der Waals surface area (Å²) in [6.45, 7) is 2.00. The average Bonchev–Trinajstić information content (AvgIpc) is 1.91. The first-order valence-electron chi connectivity index (χ1n) is 4.24. The van der Waals surface area contributed by atoms with Crippen molar-refractivity contribution >= 4 is 10.3 Å². The van der Waals surface area contributed by atoms with Gasteiger partial charge in [-0.3, -0.25) is 4.55 Å². The van der Waals surface area contributed by atoms with Crippen molar-refractivity contribution in [1.29, 1.82) is 0 Å². The predicted molar refractivity (Wildman–Crippen MR) is 46.1 cm³/mol. The van der Waals surface area contributed by atoms with Gasteiger partial charge >= 0.3 is 10.3 Å². The molecule has 0 spiro atoms. The molecule has 0 amide bonds. The first-order chi connectivity index (χ1) is 5.49. The largest absolute Gasteiger partial charge is 0.333 e. The van der Waals surface area contributed by atoms with Crippen LogP contribution in [0.4, 0.5) is 0 Å². The lowest BCUT2D eigenvalue weighted by molar-refractivity contribution is 0.302. The van der Waals surface area contributed by atoms with Gasteiger partial charge in [-0.05, 0) is 18.8 Å². The minimum Gasteiger partial charge on any atom is -0.273 e. The third-order valence-electron chi connectivity index (χ3n) is 2.41. The van der Waals surface area contributed by atoms with Crippen molar-refractivity contribution in [3.63, 3.8) is 0 Å². The van der Waals surface area contributed by atoms with Gasteiger partial charge in [0.15, 0.2) is 0 Å². The molecule has 0 aromatic carbocycles. The van der Waals surface area contributed by atoms with Gasteiger partial charge in [0.05, 0.1) is 0 Å². The van der Waals surface area contributed by atoms with Gasteiger partial charge in [0.2, 0.25) is 0 Å². The van der Waals surface area contributed by atoms with Gasteiger partial charge in [-0.1, -0.05) is 19.8 Å². The lowest BCUT2D eigenvalue weighted by atomic mass is 9.87. The number of rotatable bonds is 2.